The van der Waals surface area contributed by atoms with Crippen LogP contribution in [0.5, 0.6) is 5.75 Å². The highest BCUT2D eigenvalue weighted by atomic mass is 32.1. The Morgan fingerprint density at radius 1 is 0.900 bits per heavy atom. The van der Waals surface area contributed by atoms with Crippen LogP contribution in [0.1, 0.15) is 36.1 Å². The van der Waals surface area contributed by atoms with Crippen molar-refractivity contribution in [2.75, 3.05) is 4.90 Å². The van der Waals surface area contributed by atoms with E-state index in [9.17, 15) is 24.3 Å². The number of rotatable bonds is 4. The number of para-hydroxylation sites is 1. The van der Waals surface area contributed by atoms with Crippen LogP contribution in [-0.4, -0.2) is 33.6 Å². The molecule has 40 heavy (non-hydrogen) atoms. The summed E-state index contributed by atoms with van der Waals surface area (Å²) in [5, 5.41) is 11.9. The van der Waals surface area contributed by atoms with Gasteiger partial charge in [0, 0.05) is 10.8 Å². The van der Waals surface area contributed by atoms with E-state index >= 15 is 0 Å². The number of thiophene rings is 1. The van der Waals surface area contributed by atoms with E-state index in [-0.39, 0.29) is 41.8 Å². The maximum Gasteiger partial charge on any atom is 0.241 e. The van der Waals surface area contributed by atoms with Gasteiger partial charge in [-0.1, -0.05) is 48.0 Å². The van der Waals surface area contributed by atoms with Crippen LogP contribution in [0.2, 0.25) is 0 Å². The average Bonchev–Trinajstić information content (AvgIpc) is 3.61. The fourth-order valence-corrected chi connectivity index (χ4v) is 8.36. The zero-order valence-corrected chi connectivity index (χ0v) is 22.7. The molecule has 6 unspecified atom stereocenters. The number of nitrogens with zero attached hydrogens (tertiary/aromatic N) is 2. The van der Waals surface area contributed by atoms with Crippen molar-refractivity contribution in [2.45, 2.75) is 32.2 Å². The number of carbonyl (C=O) groups excluding carboxylic acids is 4. The summed E-state index contributed by atoms with van der Waals surface area (Å²) in [6.45, 7) is 2.12. The zero-order valence-electron chi connectivity index (χ0n) is 21.9. The summed E-state index contributed by atoms with van der Waals surface area (Å²) >= 11 is 1.51. The third-order valence-corrected chi connectivity index (χ3v) is 10.4. The van der Waals surface area contributed by atoms with Gasteiger partial charge in [0.05, 0.1) is 35.4 Å². The first-order valence-corrected chi connectivity index (χ1v) is 14.5. The minimum atomic E-state index is -1.08. The van der Waals surface area contributed by atoms with Gasteiger partial charge in [-0.2, -0.15) is 0 Å². The summed E-state index contributed by atoms with van der Waals surface area (Å²) < 4.78 is 0. The predicted molar refractivity (Wildman–Crippen MR) is 149 cm³/mol. The number of fused-ring (bicyclic) bond motifs is 4. The number of hydrogen-bond acceptors (Lipinski definition) is 6. The van der Waals surface area contributed by atoms with Crippen LogP contribution in [-0.2, 0) is 25.7 Å². The lowest BCUT2D eigenvalue weighted by atomic mass is 9.51. The molecule has 7 rings (SSSR count). The van der Waals surface area contributed by atoms with Crippen LogP contribution in [0.4, 0.5) is 5.69 Å². The topological polar surface area (TPSA) is 95.0 Å². The minimum Gasteiger partial charge on any atom is -0.508 e. The second kappa shape index (κ2) is 8.99. The van der Waals surface area contributed by atoms with Crippen molar-refractivity contribution in [1.82, 2.24) is 4.90 Å². The van der Waals surface area contributed by atoms with Gasteiger partial charge in [0.1, 0.15) is 5.75 Å². The molecule has 2 aliphatic heterocycles. The molecular weight excluding hydrogens is 524 g/mol. The normalized spacial score (nSPS) is 31.2. The Balaban J connectivity index is 1.34. The lowest BCUT2D eigenvalue weighted by Gasteiger charge is -2.49. The number of carbonyl (C=O) groups is 4. The third-order valence-electron chi connectivity index (χ3n) is 9.50. The maximum absolute atomic E-state index is 14.3. The van der Waals surface area contributed by atoms with Crippen molar-refractivity contribution in [1.29, 1.82) is 0 Å². The number of likely N-dealkylation sites (tertiary alicyclic amines) is 1. The van der Waals surface area contributed by atoms with Crippen LogP contribution >= 0.6 is 11.3 Å². The van der Waals surface area contributed by atoms with E-state index in [4.69, 9.17) is 0 Å². The molecule has 0 spiro atoms. The number of benzene rings is 2. The summed E-state index contributed by atoms with van der Waals surface area (Å²) in [4.78, 5) is 59.4. The molecule has 4 aliphatic rings. The number of imide groups is 2. The molecule has 7 nitrogen and oxygen atoms in total. The Morgan fingerprint density at radius 2 is 1.65 bits per heavy atom. The second-order valence-corrected chi connectivity index (χ2v) is 12.5. The lowest BCUT2D eigenvalue weighted by molar-refractivity contribution is -0.141. The maximum atomic E-state index is 14.3. The fraction of sp³-hybridized carbons (Fsp3) is 0.312. The molecule has 2 aliphatic carbocycles. The SMILES string of the molecule is CC12C(=O)N(c3ccccc3)C(=O)C1CC1C(=CCC3C(=O)N(Cc4cccs4)C(=O)C31)C2c1ccc(O)cc1. The monoisotopic (exact) mass is 552 g/mol. The Morgan fingerprint density at radius 3 is 2.35 bits per heavy atom. The highest BCUT2D eigenvalue weighted by molar-refractivity contribution is 7.09. The molecule has 3 aromatic rings. The molecule has 0 radical (unpaired) electrons. The van der Waals surface area contributed by atoms with E-state index in [0.717, 1.165) is 16.0 Å². The first-order chi connectivity index (χ1) is 19.3. The van der Waals surface area contributed by atoms with Crippen LogP contribution < -0.4 is 4.90 Å². The van der Waals surface area contributed by atoms with E-state index in [1.54, 1.807) is 48.5 Å². The molecule has 202 valence electrons. The number of anilines is 1. The number of aromatic hydroxyl groups is 1. The summed E-state index contributed by atoms with van der Waals surface area (Å²) in [7, 11) is 0. The van der Waals surface area contributed by atoms with Gasteiger partial charge in [-0.05, 0) is 67.0 Å². The zero-order chi connectivity index (χ0) is 27.8. The quantitative estimate of drug-likeness (QED) is 0.368. The number of phenols is 1. The molecule has 1 N–H and O–H groups in total. The average molecular weight is 553 g/mol. The van der Waals surface area contributed by atoms with Crippen LogP contribution in [0.3, 0.4) is 0 Å². The van der Waals surface area contributed by atoms with Crippen molar-refractivity contribution in [3.05, 3.63) is 94.2 Å². The molecule has 6 atom stereocenters. The Hall–Kier alpha value is -4.04. The summed E-state index contributed by atoms with van der Waals surface area (Å²) in [5.41, 5.74) is 1.20. The molecular formula is C32H28N2O5S. The van der Waals surface area contributed by atoms with Gasteiger partial charge in [-0.3, -0.25) is 24.1 Å². The molecule has 1 aromatic heterocycles. The summed E-state index contributed by atoms with van der Waals surface area (Å²) in [6.07, 6.45) is 2.80. The van der Waals surface area contributed by atoms with E-state index < -0.39 is 29.1 Å². The molecule has 4 amide bonds. The minimum absolute atomic E-state index is 0.107. The molecule has 8 heteroatoms. The number of phenolic OH excluding ortho intramolecular Hbond substituents is 1. The van der Waals surface area contributed by atoms with Crippen molar-refractivity contribution < 1.29 is 24.3 Å². The van der Waals surface area contributed by atoms with Gasteiger partial charge >= 0.3 is 0 Å². The van der Waals surface area contributed by atoms with E-state index in [0.29, 0.717) is 18.5 Å². The van der Waals surface area contributed by atoms with Crippen LogP contribution in [0, 0.1) is 29.1 Å². The van der Waals surface area contributed by atoms with Crippen molar-refractivity contribution >= 4 is 40.7 Å². The second-order valence-electron chi connectivity index (χ2n) is 11.4. The van der Waals surface area contributed by atoms with Gasteiger partial charge in [0.15, 0.2) is 0 Å². The van der Waals surface area contributed by atoms with Crippen LogP contribution in [0.25, 0.3) is 0 Å². The Kier molecular flexibility index (Phi) is 5.61. The van der Waals surface area contributed by atoms with E-state index in [2.05, 4.69) is 0 Å². The van der Waals surface area contributed by atoms with Gasteiger partial charge in [-0.15, -0.1) is 11.3 Å². The molecule has 3 fully saturated rings. The Bertz CT molecular complexity index is 1560. The molecule has 0 bridgehead atoms. The third kappa shape index (κ3) is 3.41. The number of hydrogen-bond donors (Lipinski definition) is 1. The van der Waals surface area contributed by atoms with Gasteiger partial charge in [0.2, 0.25) is 23.6 Å². The predicted octanol–water partition coefficient (Wildman–Crippen LogP) is 4.88. The van der Waals surface area contributed by atoms with E-state index in [1.165, 1.54) is 21.1 Å². The van der Waals surface area contributed by atoms with Crippen molar-refractivity contribution in [3.8, 4) is 5.75 Å². The number of amides is 4. The molecule has 3 heterocycles. The first-order valence-electron chi connectivity index (χ1n) is 13.6. The fourth-order valence-electron chi connectivity index (χ4n) is 7.66. The van der Waals surface area contributed by atoms with Crippen molar-refractivity contribution in [2.24, 2.45) is 29.1 Å². The summed E-state index contributed by atoms with van der Waals surface area (Å²) in [6, 6.07) is 19.6. The lowest BCUT2D eigenvalue weighted by Crippen LogP contribution is -2.48. The largest absolute Gasteiger partial charge is 0.508 e. The first kappa shape index (κ1) is 25.0. The summed E-state index contributed by atoms with van der Waals surface area (Å²) in [5.74, 6) is -3.28. The van der Waals surface area contributed by atoms with Gasteiger partial charge in [-0.25, -0.2) is 4.90 Å². The Labute approximate surface area is 235 Å². The van der Waals surface area contributed by atoms with Gasteiger partial charge < -0.3 is 5.11 Å². The van der Waals surface area contributed by atoms with Crippen molar-refractivity contribution in [3.63, 3.8) is 0 Å². The van der Waals surface area contributed by atoms with Crippen LogP contribution in [0.15, 0.2) is 83.8 Å². The number of allylic oxidation sites excluding steroid dienone is 2. The highest BCUT2D eigenvalue weighted by Crippen LogP contribution is 2.63. The molecule has 2 saturated heterocycles. The highest BCUT2D eigenvalue weighted by Gasteiger charge is 2.67. The standard InChI is InChI=1S/C32H28N2O5S/c1-32-25(29(37)34(31(32)39)19-6-3-2-4-7-19)16-24-22(27(32)18-9-11-20(35)12-10-18)13-14-23-26(24)30(38)33(28(23)36)17-21-8-5-15-40-21/h2-13,15,23-27,35H,14,16-17H2,1H3. The smallest absolute Gasteiger partial charge is 0.241 e. The van der Waals surface area contributed by atoms with E-state index in [1.807, 2.05) is 36.6 Å². The molecule has 2 aromatic carbocycles. The molecule has 1 saturated carbocycles. The van der Waals surface area contributed by atoms with Gasteiger partial charge in [0.25, 0.3) is 0 Å².